The maximum absolute atomic E-state index is 12.6. The van der Waals surface area contributed by atoms with Gasteiger partial charge >= 0.3 is 0 Å². The Kier molecular flexibility index (Phi) is 6.14. The van der Waals surface area contributed by atoms with E-state index in [2.05, 4.69) is 18.8 Å². The zero-order chi connectivity index (χ0) is 18.5. The largest absolute Gasteiger partial charge is 0.493 e. The van der Waals surface area contributed by atoms with Crippen LogP contribution < -0.4 is 9.47 Å². The summed E-state index contributed by atoms with van der Waals surface area (Å²) in [6.07, 6.45) is 3.01. The predicted octanol–water partition coefficient (Wildman–Crippen LogP) is 4.27. The second kappa shape index (κ2) is 8.54. The van der Waals surface area contributed by atoms with Gasteiger partial charge in [0.2, 0.25) is 5.91 Å². The molecule has 0 radical (unpaired) electrons. The standard InChI is InChI=1S/C20H26N2O3S/c1-4-14(2)22(20(23)15-9-10-15)11-16-13-26-19(21-16)12-25-18-8-6-5-7-17(18)24-3/h5-8,13-15H,4,9-12H2,1-3H3/t14-/m1/s1. The molecule has 1 aliphatic carbocycles. The van der Waals surface area contributed by atoms with Crippen molar-refractivity contribution in [1.82, 2.24) is 9.88 Å². The molecule has 1 heterocycles. The molecule has 1 saturated carbocycles. The number of methoxy groups -OCH3 is 1. The highest BCUT2D eigenvalue weighted by Crippen LogP contribution is 2.33. The lowest BCUT2D eigenvalue weighted by Crippen LogP contribution is -2.38. The molecule has 1 aromatic heterocycles. The van der Waals surface area contributed by atoms with Crippen molar-refractivity contribution >= 4 is 17.2 Å². The minimum atomic E-state index is 0.232. The molecule has 0 aliphatic heterocycles. The Morgan fingerprint density at radius 2 is 2.08 bits per heavy atom. The van der Waals surface area contributed by atoms with E-state index in [9.17, 15) is 4.79 Å². The Bertz CT molecular complexity index is 742. The summed E-state index contributed by atoms with van der Waals surface area (Å²) in [5, 5.41) is 2.92. The SMILES string of the molecule is CC[C@@H](C)N(Cc1csc(COc2ccccc2OC)n1)C(=O)C1CC1. The lowest BCUT2D eigenvalue weighted by molar-refractivity contribution is -0.135. The second-order valence-electron chi connectivity index (χ2n) is 6.67. The van der Waals surface area contributed by atoms with E-state index >= 15 is 0 Å². The summed E-state index contributed by atoms with van der Waals surface area (Å²) in [6.45, 7) is 5.20. The Balaban J connectivity index is 1.62. The highest BCUT2D eigenvalue weighted by atomic mass is 32.1. The number of hydrogen-bond donors (Lipinski definition) is 0. The van der Waals surface area contributed by atoms with Crippen LogP contribution in [0, 0.1) is 5.92 Å². The molecule has 1 fully saturated rings. The third-order valence-electron chi connectivity index (χ3n) is 4.68. The Morgan fingerprint density at radius 1 is 1.35 bits per heavy atom. The summed E-state index contributed by atoms with van der Waals surface area (Å²) in [5.41, 5.74) is 0.933. The molecule has 2 aromatic rings. The van der Waals surface area contributed by atoms with Crippen LogP contribution >= 0.6 is 11.3 Å². The van der Waals surface area contributed by atoms with E-state index in [-0.39, 0.29) is 17.9 Å². The molecule has 1 atom stereocenters. The Morgan fingerprint density at radius 3 is 2.73 bits per heavy atom. The van der Waals surface area contributed by atoms with Crippen molar-refractivity contribution in [1.29, 1.82) is 0 Å². The summed E-state index contributed by atoms with van der Waals surface area (Å²) < 4.78 is 11.1. The molecule has 26 heavy (non-hydrogen) atoms. The molecular weight excluding hydrogens is 348 g/mol. The Labute approximate surface area is 159 Å². The van der Waals surface area contributed by atoms with Crippen molar-refractivity contribution in [3.05, 3.63) is 40.3 Å². The average Bonchev–Trinajstić information content (AvgIpc) is 3.43. The molecule has 3 rings (SSSR count). The van der Waals surface area contributed by atoms with Gasteiger partial charge in [-0.15, -0.1) is 11.3 Å². The number of thiazole rings is 1. The first-order valence-corrected chi connectivity index (χ1v) is 10.00. The van der Waals surface area contributed by atoms with Crippen LogP contribution in [0.25, 0.3) is 0 Å². The summed E-state index contributed by atoms with van der Waals surface area (Å²) >= 11 is 1.56. The maximum atomic E-state index is 12.6. The first-order valence-electron chi connectivity index (χ1n) is 9.12. The summed E-state index contributed by atoms with van der Waals surface area (Å²) in [7, 11) is 1.63. The highest BCUT2D eigenvalue weighted by Gasteiger charge is 2.35. The summed E-state index contributed by atoms with van der Waals surface area (Å²) in [5.74, 6) is 1.93. The van der Waals surface area contributed by atoms with Crippen LogP contribution in [0.3, 0.4) is 0 Å². The number of para-hydroxylation sites is 2. The van der Waals surface area contributed by atoms with Crippen LogP contribution in [-0.4, -0.2) is 28.9 Å². The molecule has 0 bridgehead atoms. The van der Waals surface area contributed by atoms with Gasteiger partial charge in [0.1, 0.15) is 11.6 Å². The topological polar surface area (TPSA) is 51.7 Å². The predicted molar refractivity (Wildman–Crippen MR) is 102 cm³/mol. The van der Waals surface area contributed by atoms with Crippen molar-refractivity contribution in [3.8, 4) is 11.5 Å². The van der Waals surface area contributed by atoms with E-state index in [1.54, 1.807) is 18.4 Å². The van der Waals surface area contributed by atoms with Gasteiger partial charge in [-0.2, -0.15) is 0 Å². The lowest BCUT2D eigenvalue weighted by atomic mass is 10.2. The zero-order valence-corrected chi connectivity index (χ0v) is 16.4. The number of rotatable bonds is 9. The average molecular weight is 375 g/mol. The van der Waals surface area contributed by atoms with Crippen LogP contribution in [0.15, 0.2) is 29.6 Å². The van der Waals surface area contributed by atoms with E-state index in [0.717, 1.165) is 30.0 Å². The van der Waals surface area contributed by atoms with E-state index in [0.29, 0.717) is 24.7 Å². The third kappa shape index (κ3) is 4.55. The normalized spacial score (nSPS) is 14.7. The van der Waals surface area contributed by atoms with E-state index in [1.165, 1.54) is 0 Å². The fourth-order valence-electron chi connectivity index (χ4n) is 2.78. The zero-order valence-electron chi connectivity index (χ0n) is 15.6. The van der Waals surface area contributed by atoms with Crippen molar-refractivity contribution in [2.75, 3.05) is 7.11 Å². The molecule has 0 unspecified atom stereocenters. The lowest BCUT2D eigenvalue weighted by Gasteiger charge is -2.28. The molecule has 5 nitrogen and oxygen atoms in total. The van der Waals surface area contributed by atoms with Gasteiger partial charge in [-0.25, -0.2) is 4.98 Å². The van der Waals surface area contributed by atoms with Crippen molar-refractivity contribution in [2.24, 2.45) is 5.92 Å². The van der Waals surface area contributed by atoms with Crippen molar-refractivity contribution in [3.63, 3.8) is 0 Å². The molecule has 0 N–H and O–H groups in total. The van der Waals surface area contributed by atoms with Crippen LogP contribution in [0.1, 0.15) is 43.8 Å². The van der Waals surface area contributed by atoms with Gasteiger partial charge in [0.05, 0.1) is 19.3 Å². The number of carbonyl (C=O) groups is 1. The highest BCUT2D eigenvalue weighted by molar-refractivity contribution is 7.09. The Hall–Kier alpha value is -2.08. The van der Waals surface area contributed by atoms with Crippen LogP contribution in [0.5, 0.6) is 11.5 Å². The van der Waals surface area contributed by atoms with Gasteiger partial charge < -0.3 is 14.4 Å². The van der Waals surface area contributed by atoms with Gasteiger partial charge in [0.15, 0.2) is 11.5 Å². The minimum absolute atomic E-state index is 0.232. The fourth-order valence-corrected chi connectivity index (χ4v) is 3.47. The number of benzene rings is 1. The van der Waals surface area contributed by atoms with E-state index in [1.807, 2.05) is 34.5 Å². The monoisotopic (exact) mass is 374 g/mol. The van der Waals surface area contributed by atoms with Crippen molar-refractivity contribution in [2.45, 2.75) is 52.3 Å². The molecule has 1 aliphatic rings. The quantitative estimate of drug-likeness (QED) is 0.658. The van der Waals surface area contributed by atoms with Crippen LogP contribution in [0.4, 0.5) is 0 Å². The van der Waals surface area contributed by atoms with Crippen LogP contribution in [0.2, 0.25) is 0 Å². The number of carbonyl (C=O) groups excluding carboxylic acids is 1. The number of hydrogen-bond acceptors (Lipinski definition) is 5. The molecule has 0 saturated heterocycles. The van der Waals surface area contributed by atoms with E-state index < -0.39 is 0 Å². The van der Waals surface area contributed by atoms with Gasteiger partial charge in [0.25, 0.3) is 0 Å². The van der Waals surface area contributed by atoms with Crippen LogP contribution in [-0.2, 0) is 17.9 Å². The smallest absolute Gasteiger partial charge is 0.226 e. The third-order valence-corrected chi connectivity index (χ3v) is 5.56. The number of ether oxygens (including phenoxy) is 2. The van der Waals surface area contributed by atoms with E-state index in [4.69, 9.17) is 9.47 Å². The maximum Gasteiger partial charge on any atom is 0.226 e. The first-order chi connectivity index (χ1) is 12.6. The van der Waals surface area contributed by atoms with Gasteiger partial charge in [-0.1, -0.05) is 19.1 Å². The molecule has 0 spiro atoms. The molecular formula is C20H26N2O3S. The molecule has 1 amide bonds. The number of amides is 1. The first kappa shape index (κ1) is 18.7. The summed E-state index contributed by atoms with van der Waals surface area (Å²) in [4.78, 5) is 19.2. The van der Waals surface area contributed by atoms with Gasteiger partial charge in [-0.05, 0) is 38.3 Å². The number of nitrogens with zero attached hydrogens (tertiary/aromatic N) is 2. The van der Waals surface area contributed by atoms with Gasteiger partial charge in [0, 0.05) is 17.3 Å². The molecule has 1 aromatic carbocycles. The summed E-state index contributed by atoms with van der Waals surface area (Å²) in [6, 6.07) is 7.81. The van der Waals surface area contributed by atoms with Crippen molar-refractivity contribution < 1.29 is 14.3 Å². The second-order valence-corrected chi connectivity index (χ2v) is 7.61. The molecule has 140 valence electrons. The molecule has 6 heteroatoms. The number of aromatic nitrogens is 1. The minimum Gasteiger partial charge on any atom is -0.493 e. The van der Waals surface area contributed by atoms with Gasteiger partial charge in [-0.3, -0.25) is 4.79 Å². The fraction of sp³-hybridized carbons (Fsp3) is 0.500.